The molecular weight excluding hydrogens is 402 g/mol. The van der Waals surface area contributed by atoms with Gasteiger partial charge in [-0.2, -0.15) is 5.10 Å². The third-order valence-corrected chi connectivity index (χ3v) is 5.64. The molecule has 7 heteroatoms. The summed E-state index contributed by atoms with van der Waals surface area (Å²) in [6, 6.07) is 8.54. The fourth-order valence-corrected chi connectivity index (χ4v) is 4.00. The van der Waals surface area contributed by atoms with Crippen LogP contribution in [0.4, 0.5) is 0 Å². The second-order valence-corrected chi connectivity index (χ2v) is 8.84. The number of aromatic nitrogens is 2. The summed E-state index contributed by atoms with van der Waals surface area (Å²) in [4.78, 5) is 7.07. The topological polar surface area (TPSA) is 63.9 Å². The number of aryl methyl sites for hydroxylation is 1. The van der Waals surface area contributed by atoms with Gasteiger partial charge in [0, 0.05) is 52.2 Å². The lowest BCUT2D eigenvalue weighted by molar-refractivity contribution is -0.0390. The first-order chi connectivity index (χ1) is 15.5. The van der Waals surface area contributed by atoms with Crippen LogP contribution in [-0.2, 0) is 36.2 Å². The standard InChI is InChI=1S/C25H39N5O2/c1-6-26-25(29(4)16-22-17-30(5)28-24(22)19(2)3)27-15-20-8-7-9-21(14-20)18-32-23-10-12-31-13-11-23/h7-9,14,17,19,23H,6,10-13,15-16,18H2,1-5H3,(H,26,27). The summed E-state index contributed by atoms with van der Waals surface area (Å²) in [6.07, 6.45) is 4.38. The van der Waals surface area contributed by atoms with Crippen LogP contribution in [0.2, 0.25) is 0 Å². The lowest BCUT2D eigenvalue weighted by atomic mass is 10.1. The van der Waals surface area contributed by atoms with Crippen LogP contribution in [0.15, 0.2) is 35.5 Å². The molecule has 0 aliphatic carbocycles. The molecule has 32 heavy (non-hydrogen) atoms. The molecule has 1 aliphatic rings. The van der Waals surface area contributed by atoms with Gasteiger partial charge in [0.15, 0.2) is 5.96 Å². The lowest BCUT2D eigenvalue weighted by Crippen LogP contribution is -2.38. The average Bonchev–Trinajstić information content (AvgIpc) is 3.16. The van der Waals surface area contributed by atoms with Gasteiger partial charge in [-0.15, -0.1) is 0 Å². The zero-order chi connectivity index (χ0) is 22.9. The van der Waals surface area contributed by atoms with Crippen molar-refractivity contribution in [2.75, 3.05) is 26.8 Å². The van der Waals surface area contributed by atoms with E-state index in [-0.39, 0.29) is 0 Å². The molecule has 0 atom stereocenters. The Labute approximate surface area is 192 Å². The smallest absolute Gasteiger partial charge is 0.194 e. The number of nitrogens with one attached hydrogen (secondary N) is 1. The number of rotatable bonds is 9. The Morgan fingerprint density at radius 1 is 1.31 bits per heavy atom. The van der Waals surface area contributed by atoms with Gasteiger partial charge >= 0.3 is 0 Å². The first-order valence-electron chi connectivity index (χ1n) is 11.7. The SMILES string of the molecule is CCNC(=NCc1cccc(COC2CCOCC2)c1)N(C)Cc1cn(C)nc1C(C)C. The van der Waals surface area contributed by atoms with Gasteiger partial charge in [0.05, 0.1) is 24.9 Å². The Bertz CT molecular complexity index is 871. The maximum Gasteiger partial charge on any atom is 0.194 e. The molecule has 0 radical (unpaired) electrons. The Morgan fingerprint density at radius 3 is 2.78 bits per heavy atom. The van der Waals surface area contributed by atoms with Crippen molar-refractivity contribution in [2.24, 2.45) is 12.0 Å². The zero-order valence-corrected chi connectivity index (χ0v) is 20.3. The van der Waals surface area contributed by atoms with E-state index in [0.717, 1.165) is 50.8 Å². The highest BCUT2D eigenvalue weighted by atomic mass is 16.5. The van der Waals surface area contributed by atoms with E-state index in [1.54, 1.807) is 0 Å². The number of hydrogen-bond acceptors (Lipinski definition) is 4. The highest BCUT2D eigenvalue weighted by Gasteiger charge is 2.16. The van der Waals surface area contributed by atoms with Gasteiger partial charge in [0.2, 0.25) is 0 Å². The van der Waals surface area contributed by atoms with Crippen molar-refractivity contribution in [2.45, 2.75) is 65.3 Å². The van der Waals surface area contributed by atoms with Crippen LogP contribution in [0.5, 0.6) is 0 Å². The molecule has 0 bridgehead atoms. The Balaban J connectivity index is 1.63. The van der Waals surface area contributed by atoms with Gasteiger partial charge in [-0.05, 0) is 36.8 Å². The number of hydrogen-bond donors (Lipinski definition) is 1. The van der Waals surface area contributed by atoms with Crippen molar-refractivity contribution < 1.29 is 9.47 Å². The van der Waals surface area contributed by atoms with E-state index in [1.807, 2.05) is 11.7 Å². The summed E-state index contributed by atoms with van der Waals surface area (Å²) in [5, 5.41) is 8.06. The summed E-state index contributed by atoms with van der Waals surface area (Å²) in [6.45, 7) is 10.9. The first-order valence-corrected chi connectivity index (χ1v) is 11.7. The molecule has 0 saturated carbocycles. The van der Waals surface area contributed by atoms with Crippen LogP contribution in [0.25, 0.3) is 0 Å². The minimum Gasteiger partial charge on any atom is -0.381 e. The molecule has 1 saturated heterocycles. The molecule has 0 spiro atoms. The summed E-state index contributed by atoms with van der Waals surface area (Å²) >= 11 is 0. The fourth-order valence-electron chi connectivity index (χ4n) is 4.00. The molecule has 7 nitrogen and oxygen atoms in total. The van der Waals surface area contributed by atoms with Gasteiger partial charge in [-0.25, -0.2) is 4.99 Å². The number of benzene rings is 1. The van der Waals surface area contributed by atoms with E-state index in [2.05, 4.69) is 73.6 Å². The van der Waals surface area contributed by atoms with E-state index >= 15 is 0 Å². The molecule has 1 N–H and O–H groups in total. The molecule has 176 valence electrons. The number of nitrogens with zero attached hydrogens (tertiary/aromatic N) is 4. The Kier molecular flexibility index (Phi) is 9.11. The normalized spacial score (nSPS) is 15.4. The van der Waals surface area contributed by atoms with Crippen molar-refractivity contribution in [3.05, 3.63) is 52.8 Å². The van der Waals surface area contributed by atoms with Crippen LogP contribution in [-0.4, -0.2) is 53.6 Å². The minimum absolute atomic E-state index is 0.308. The molecule has 2 aromatic rings. The Hall–Kier alpha value is -2.38. The Morgan fingerprint density at radius 2 is 2.06 bits per heavy atom. The van der Waals surface area contributed by atoms with Gasteiger partial charge in [0.25, 0.3) is 0 Å². The highest BCUT2D eigenvalue weighted by molar-refractivity contribution is 5.79. The van der Waals surface area contributed by atoms with Crippen molar-refractivity contribution in [1.29, 1.82) is 0 Å². The molecule has 3 rings (SSSR count). The third kappa shape index (κ3) is 7.07. The van der Waals surface area contributed by atoms with E-state index in [1.165, 1.54) is 16.7 Å². The molecular formula is C25H39N5O2. The maximum atomic E-state index is 6.08. The molecule has 0 unspecified atom stereocenters. The quantitative estimate of drug-likeness (QED) is 0.473. The van der Waals surface area contributed by atoms with Crippen molar-refractivity contribution in [3.8, 4) is 0 Å². The van der Waals surface area contributed by atoms with E-state index in [9.17, 15) is 0 Å². The predicted molar refractivity (Wildman–Crippen MR) is 129 cm³/mol. The number of ether oxygens (including phenoxy) is 2. The molecule has 1 fully saturated rings. The van der Waals surface area contributed by atoms with Crippen LogP contribution in [0.1, 0.15) is 61.9 Å². The second-order valence-electron chi connectivity index (χ2n) is 8.84. The summed E-state index contributed by atoms with van der Waals surface area (Å²) < 4.78 is 13.4. The largest absolute Gasteiger partial charge is 0.381 e. The zero-order valence-electron chi connectivity index (χ0n) is 20.3. The van der Waals surface area contributed by atoms with Crippen LogP contribution >= 0.6 is 0 Å². The predicted octanol–water partition coefficient (Wildman–Crippen LogP) is 3.84. The second kappa shape index (κ2) is 12.0. The van der Waals surface area contributed by atoms with Crippen molar-refractivity contribution >= 4 is 5.96 Å². The van der Waals surface area contributed by atoms with Crippen LogP contribution < -0.4 is 5.32 Å². The highest BCUT2D eigenvalue weighted by Crippen LogP contribution is 2.19. The summed E-state index contributed by atoms with van der Waals surface area (Å²) in [5.41, 5.74) is 4.76. The maximum absolute atomic E-state index is 6.08. The minimum atomic E-state index is 0.308. The summed E-state index contributed by atoms with van der Waals surface area (Å²) in [7, 11) is 4.06. The van der Waals surface area contributed by atoms with E-state index < -0.39 is 0 Å². The molecule has 1 aromatic heterocycles. The van der Waals surface area contributed by atoms with Crippen molar-refractivity contribution in [3.63, 3.8) is 0 Å². The molecule has 1 aliphatic heterocycles. The molecule has 1 aromatic carbocycles. The van der Waals surface area contributed by atoms with Crippen molar-refractivity contribution in [1.82, 2.24) is 20.0 Å². The van der Waals surface area contributed by atoms with Gasteiger partial charge < -0.3 is 19.7 Å². The molecule has 2 heterocycles. The first kappa shape index (κ1) is 24.3. The fraction of sp³-hybridized carbons (Fsp3) is 0.600. The number of aliphatic imine (C=N–C) groups is 1. The van der Waals surface area contributed by atoms with Gasteiger partial charge in [-0.3, -0.25) is 4.68 Å². The third-order valence-electron chi connectivity index (χ3n) is 5.64. The summed E-state index contributed by atoms with van der Waals surface area (Å²) in [5.74, 6) is 1.29. The van der Waals surface area contributed by atoms with Gasteiger partial charge in [-0.1, -0.05) is 38.1 Å². The van der Waals surface area contributed by atoms with Crippen LogP contribution in [0.3, 0.4) is 0 Å². The molecule has 0 amide bonds. The van der Waals surface area contributed by atoms with Crippen LogP contribution in [0, 0.1) is 0 Å². The number of guanidine groups is 1. The monoisotopic (exact) mass is 441 g/mol. The van der Waals surface area contributed by atoms with E-state index in [4.69, 9.17) is 14.5 Å². The van der Waals surface area contributed by atoms with Gasteiger partial charge in [0.1, 0.15) is 0 Å². The lowest BCUT2D eigenvalue weighted by Gasteiger charge is -2.23. The average molecular weight is 442 g/mol. The van der Waals surface area contributed by atoms with E-state index in [0.29, 0.717) is 25.2 Å².